The van der Waals surface area contributed by atoms with Crippen LogP contribution in [0.25, 0.3) is 22.6 Å². The van der Waals surface area contributed by atoms with Crippen LogP contribution in [0.2, 0.25) is 5.02 Å². The van der Waals surface area contributed by atoms with Gasteiger partial charge in [-0.2, -0.15) is 13.2 Å². The van der Waals surface area contributed by atoms with Crippen molar-refractivity contribution < 1.29 is 31.1 Å². The average molecular weight is 406 g/mol. The SMILES string of the molecule is CCCCOc1cc(-c2nc3c(Cl)cc(F)cc3o2)c(F)c(C(F)(F)F)c1. The standard InChI is InChI=1S/C18H13ClF5NO2/c1-2-3-4-26-10-7-11(15(21)12(8-10)18(22,23)24)17-25-16-13(19)5-9(20)6-14(16)27-17/h5-8H,2-4H2,1H3. The number of alkyl halides is 3. The number of nitrogens with zero attached hydrogens (tertiary/aromatic N) is 1. The molecule has 0 aliphatic heterocycles. The van der Waals surface area contributed by atoms with Crippen LogP contribution in [-0.2, 0) is 6.18 Å². The van der Waals surface area contributed by atoms with Crippen molar-refractivity contribution in [2.45, 2.75) is 25.9 Å². The Balaban J connectivity index is 2.16. The summed E-state index contributed by atoms with van der Waals surface area (Å²) in [5, 5.41) is -0.105. The van der Waals surface area contributed by atoms with Crippen LogP contribution in [-0.4, -0.2) is 11.6 Å². The van der Waals surface area contributed by atoms with Gasteiger partial charge in [0, 0.05) is 6.07 Å². The number of unbranched alkanes of at least 4 members (excludes halogenated alkanes) is 1. The van der Waals surface area contributed by atoms with Gasteiger partial charge in [0.25, 0.3) is 0 Å². The third kappa shape index (κ3) is 4.00. The number of fused-ring (bicyclic) bond motifs is 1. The number of aromatic nitrogens is 1. The van der Waals surface area contributed by atoms with Gasteiger partial charge in [-0.05, 0) is 24.6 Å². The van der Waals surface area contributed by atoms with Gasteiger partial charge in [-0.3, -0.25) is 0 Å². The first-order valence-electron chi connectivity index (χ1n) is 8.00. The first-order chi connectivity index (χ1) is 12.7. The Bertz CT molecular complexity index is 984. The molecule has 0 amide bonds. The molecule has 0 aliphatic rings. The lowest BCUT2D eigenvalue weighted by atomic mass is 10.1. The van der Waals surface area contributed by atoms with Crippen molar-refractivity contribution in [3.63, 3.8) is 0 Å². The molecule has 0 bridgehead atoms. The van der Waals surface area contributed by atoms with Gasteiger partial charge in [0.15, 0.2) is 5.58 Å². The van der Waals surface area contributed by atoms with E-state index in [1.54, 1.807) is 0 Å². The second kappa shape index (κ2) is 7.34. The summed E-state index contributed by atoms with van der Waals surface area (Å²) >= 11 is 5.86. The highest BCUT2D eigenvalue weighted by Gasteiger charge is 2.37. The molecule has 3 rings (SSSR count). The first-order valence-corrected chi connectivity index (χ1v) is 8.38. The minimum Gasteiger partial charge on any atom is -0.494 e. The van der Waals surface area contributed by atoms with Crippen molar-refractivity contribution in [2.24, 2.45) is 0 Å². The molecule has 0 N–H and O–H groups in total. The van der Waals surface area contributed by atoms with E-state index in [9.17, 15) is 22.0 Å². The summed E-state index contributed by atoms with van der Waals surface area (Å²) in [5.41, 5.74) is -2.16. The fourth-order valence-corrected chi connectivity index (χ4v) is 2.69. The zero-order valence-corrected chi connectivity index (χ0v) is 14.7. The monoisotopic (exact) mass is 405 g/mol. The van der Waals surface area contributed by atoms with Gasteiger partial charge >= 0.3 is 6.18 Å². The van der Waals surface area contributed by atoms with Crippen molar-refractivity contribution in [1.29, 1.82) is 0 Å². The zero-order valence-electron chi connectivity index (χ0n) is 14.0. The van der Waals surface area contributed by atoms with Gasteiger partial charge in [0.1, 0.15) is 22.9 Å². The topological polar surface area (TPSA) is 35.3 Å². The van der Waals surface area contributed by atoms with E-state index in [1.165, 1.54) is 0 Å². The summed E-state index contributed by atoms with van der Waals surface area (Å²) < 4.78 is 78.2. The summed E-state index contributed by atoms with van der Waals surface area (Å²) in [6.07, 6.45) is -3.56. The van der Waals surface area contributed by atoms with Gasteiger partial charge in [-0.1, -0.05) is 24.9 Å². The highest BCUT2D eigenvalue weighted by molar-refractivity contribution is 6.34. The molecule has 0 spiro atoms. The molecular weight excluding hydrogens is 393 g/mol. The van der Waals surface area contributed by atoms with E-state index in [0.717, 1.165) is 24.6 Å². The minimum absolute atomic E-state index is 0.0123. The molecule has 3 aromatic rings. The third-order valence-electron chi connectivity index (χ3n) is 3.76. The molecule has 0 radical (unpaired) electrons. The predicted octanol–water partition coefficient (Wildman–Crippen LogP) is 6.62. The Hall–Kier alpha value is -2.35. The second-order valence-electron chi connectivity index (χ2n) is 5.79. The molecule has 9 heteroatoms. The van der Waals surface area contributed by atoms with Crippen molar-refractivity contribution in [1.82, 2.24) is 4.98 Å². The van der Waals surface area contributed by atoms with Crippen LogP contribution in [0.15, 0.2) is 28.7 Å². The lowest BCUT2D eigenvalue weighted by molar-refractivity contribution is -0.140. The number of halogens is 6. The lowest BCUT2D eigenvalue weighted by Gasteiger charge is -2.13. The molecule has 0 fully saturated rings. The van der Waals surface area contributed by atoms with E-state index < -0.39 is 34.8 Å². The Morgan fingerprint density at radius 3 is 2.56 bits per heavy atom. The van der Waals surface area contributed by atoms with E-state index in [1.807, 2.05) is 6.92 Å². The normalized spacial score (nSPS) is 12.0. The first kappa shape index (κ1) is 19.4. The summed E-state index contributed by atoms with van der Waals surface area (Å²) in [6, 6.07) is 3.58. The summed E-state index contributed by atoms with van der Waals surface area (Å²) in [7, 11) is 0. The molecule has 0 saturated carbocycles. The highest BCUT2D eigenvalue weighted by atomic mass is 35.5. The number of hydrogen-bond donors (Lipinski definition) is 0. The third-order valence-corrected chi connectivity index (χ3v) is 4.05. The summed E-state index contributed by atoms with van der Waals surface area (Å²) in [4.78, 5) is 3.92. The average Bonchev–Trinajstić information content (AvgIpc) is 2.99. The van der Waals surface area contributed by atoms with Crippen molar-refractivity contribution in [2.75, 3.05) is 6.61 Å². The van der Waals surface area contributed by atoms with Gasteiger partial charge < -0.3 is 9.15 Å². The molecule has 27 heavy (non-hydrogen) atoms. The van der Waals surface area contributed by atoms with E-state index in [2.05, 4.69) is 4.98 Å². The van der Waals surface area contributed by atoms with Crippen molar-refractivity contribution in [3.8, 4) is 17.2 Å². The summed E-state index contributed by atoms with van der Waals surface area (Å²) in [6.45, 7) is 2.06. The van der Waals surface area contributed by atoms with E-state index in [0.29, 0.717) is 12.5 Å². The molecule has 1 heterocycles. The molecule has 0 aliphatic carbocycles. The minimum atomic E-state index is -4.95. The number of hydrogen-bond acceptors (Lipinski definition) is 3. The quantitative estimate of drug-likeness (QED) is 0.353. The molecule has 2 aromatic carbocycles. The van der Waals surface area contributed by atoms with Crippen LogP contribution in [0.1, 0.15) is 25.3 Å². The zero-order chi connectivity index (χ0) is 19.8. The largest absolute Gasteiger partial charge is 0.494 e. The molecule has 1 aromatic heterocycles. The molecule has 144 valence electrons. The highest BCUT2D eigenvalue weighted by Crippen LogP contribution is 2.39. The lowest BCUT2D eigenvalue weighted by Crippen LogP contribution is -2.10. The van der Waals surface area contributed by atoms with Crippen molar-refractivity contribution >= 4 is 22.7 Å². The molecule has 0 unspecified atom stereocenters. The Morgan fingerprint density at radius 2 is 1.89 bits per heavy atom. The van der Waals surface area contributed by atoms with Crippen LogP contribution in [0.3, 0.4) is 0 Å². The van der Waals surface area contributed by atoms with Gasteiger partial charge in [0.2, 0.25) is 5.89 Å². The number of ether oxygens (including phenoxy) is 1. The fraction of sp³-hybridized carbons (Fsp3) is 0.278. The molecule has 0 atom stereocenters. The maximum absolute atomic E-state index is 14.5. The van der Waals surface area contributed by atoms with Gasteiger partial charge in [0.05, 0.1) is 22.8 Å². The van der Waals surface area contributed by atoms with E-state index in [-0.39, 0.29) is 28.5 Å². The summed E-state index contributed by atoms with van der Waals surface area (Å²) in [5.74, 6) is -2.91. The molecule has 0 saturated heterocycles. The maximum atomic E-state index is 14.5. The van der Waals surface area contributed by atoms with Gasteiger partial charge in [-0.15, -0.1) is 0 Å². The molecular formula is C18H13ClF5NO2. The Morgan fingerprint density at radius 1 is 1.15 bits per heavy atom. The van der Waals surface area contributed by atoms with Crippen LogP contribution in [0.4, 0.5) is 22.0 Å². The smallest absolute Gasteiger partial charge is 0.419 e. The van der Waals surface area contributed by atoms with E-state index >= 15 is 0 Å². The van der Waals surface area contributed by atoms with Crippen LogP contribution >= 0.6 is 11.6 Å². The van der Waals surface area contributed by atoms with E-state index in [4.69, 9.17) is 20.8 Å². The number of oxazole rings is 1. The predicted molar refractivity (Wildman–Crippen MR) is 89.8 cm³/mol. The number of rotatable bonds is 5. The fourth-order valence-electron chi connectivity index (χ4n) is 2.45. The second-order valence-corrected chi connectivity index (χ2v) is 6.19. The Labute approximate surface area is 155 Å². The molecule has 3 nitrogen and oxygen atoms in total. The van der Waals surface area contributed by atoms with Crippen molar-refractivity contribution in [3.05, 3.63) is 46.5 Å². The van der Waals surface area contributed by atoms with Crippen LogP contribution < -0.4 is 4.74 Å². The number of benzene rings is 2. The van der Waals surface area contributed by atoms with Crippen LogP contribution in [0.5, 0.6) is 5.75 Å². The van der Waals surface area contributed by atoms with Gasteiger partial charge in [-0.25, -0.2) is 13.8 Å². The maximum Gasteiger partial charge on any atom is 0.419 e. The Kier molecular flexibility index (Phi) is 5.28. The van der Waals surface area contributed by atoms with Crippen LogP contribution in [0, 0.1) is 11.6 Å².